The molecule has 0 spiro atoms. The molecular weight excluding hydrogens is 242 g/mol. The van der Waals surface area contributed by atoms with E-state index < -0.39 is 0 Å². The van der Waals surface area contributed by atoms with Crippen LogP contribution in [-0.4, -0.2) is 43.6 Å². The molecule has 0 radical (unpaired) electrons. The molecule has 0 aliphatic heterocycles. The number of carbonyl (C=O) groups excluding carboxylic acids is 1. The number of para-hydroxylation sites is 2. The zero-order valence-electron chi connectivity index (χ0n) is 11.8. The van der Waals surface area contributed by atoms with Crippen molar-refractivity contribution in [1.82, 2.24) is 10.2 Å². The van der Waals surface area contributed by atoms with E-state index in [-0.39, 0.29) is 11.9 Å². The van der Waals surface area contributed by atoms with Crippen molar-refractivity contribution in [3.05, 3.63) is 24.3 Å². The first-order valence-corrected chi connectivity index (χ1v) is 6.44. The molecule has 0 heterocycles. The van der Waals surface area contributed by atoms with Crippen molar-refractivity contribution in [2.24, 2.45) is 0 Å². The summed E-state index contributed by atoms with van der Waals surface area (Å²) in [4.78, 5) is 13.5. The van der Waals surface area contributed by atoms with Gasteiger partial charge in [0.15, 0.2) is 0 Å². The second-order valence-electron chi connectivity index (χ2n) is 4.85. The van der Waals surface area contributed by atoms with Crippen molar-refractivity contribution < 1.29 is 9.53 Å². The van der Waals surface area contributed by atoms with Gasteiger partial charge in [0.05, 0.1) is 12.2 Å². The van der Waals surface area contributed by atoms with Gasteiger partial charge >= 0.3 is 0 Å². The summed E-state index contributed by atoms with van der Waals surface area (Å²) in [5, 5.41) is 2.85. The first kappa shape index (κ1) is 15.3. The number of hydrogen-bond donors (Lipinski definition) is 2. The molecule has 0 aliphatic rings. The van der Waals surface area contributed by atoms with Crippen molar-refractivity contribution in [3.8, 4) is 5.75 Å². The van der Waals surface area contributed by atoms with Crippen LogP contribution < -0.4 is 15.8 Å². The van der Waals surface area contributed by atoms with Gasteiger partial charge in [-0.25, -0.2) is 0 Å². The first-order valence-electron chi connectivity index (χ1n) is 6.44. The van der Waals surface area contributed by atoms with Crippen LogP contribution in [0, 0.1) is 0 Å². The third-order valence-corrected chi connectivity index (χ3v) is 2.51. The number of nitrogens with two attached hydrogens (primary N) is 1. The van der Waals surface area contributed by atoms with Gasteiger partial charge in [-0.3, -0.25) is 9.69 Å². The fourth-order valence-corrected chi connectivity index (χ4v) is 1.62. The molecule has 0 atom stereocenters. The minimum Gasteiger partial charge on any atom is -0.490 e. The molecule has 1 aromatic carbocycles. The summed E-state index contributed by atoms with van der Waals surface area (Å²) >= 11 is 0. The summed E-state index contributed by atoms with van der Waals surface area (Å²) in [6.07, 6.45) is 0. The molecule has 0 unspecified atom stereocenters. The van der Waals surface area contributed by atoms with Gasteiger partial charge < -0.3 is 15.8 Å². The molecule has 1 rings (SSSR count). The lowest BCUT2D eigenvalue weighted by Gasteiger charge is -2.18. The Hall–Kier alpha value is -1.75. The SMILES string of the molecule is CC(C)NC(=O)CN(C)CCOc1ccccc1N. The quantitative estimate of drug-likeness (QED) is 0.725. The van der Waals surface area contributed by atoms with Crippen LogP contribution in [0.2, 0.25) is 0 Å². The van der Waals surface area contributed by atoms with Crippen LogP contribution in [0.15, 0.2) is 24.3 Å². The number of hydrogen-bond acceptors (Lipinski definition) is 4. The number of nitrogen functional groups attached to an aromatic ring is 1. The Kier molecular flexibility index (Phi) is 6.15. The number of nitrogens with zero attached hydrogens (tertiary/aromatic N) is 1. The molecule has 5 nitrogen and oxygen atoms in total. The summed E-state index contributed by atoms with van der Waals surface area (Å²) in [5.74, 6) is 0.708. The number of amides is 1. The molecule has 0 bridgehead atoms. The van der Waals surface area contributed by atoms with Crippen LogP contribution in [-0.2, 0) is 4.79 Å². The zero-order chi connectivity index (χ0) is 14.3. The van der Waals surface area contributed by atoms with Crippen LogP contribution in [0.3, 0.4) is 0 Å². The number of likely N-dealkylation sites (N-methyl/N-ethyl adjacent to an activating group) is 1. The molecule has 0 saturated heterocycles. The summed E-state index contributed by atoms with van der Waals surface area (Å²) in [6, 6.07) is 7.55. The molecule has 19 heavy (non-hydrogen) atoms. The number of anilines is 1. The summed E-state index contributed by atoms with van der Waals surface area (Å²) in [5.41, 5.74) is 6.40. The van der Waals surface area contributed by atoms with E-state index in [1.165, 1.54) is 0 Å². The predicted octanol–water partition coefficient (Wildman–Crippen LogP) is 1.10. The van der Waals surface area contributed by atoms with E-state index in [4.69, 9.17) is 10.5 Å². The van der Waals surface area contributed by atoms with Gasteiger partial charge in [0.2, 0.25) is 5.91 Å². The Morgan fingerprint density at radius 2 is 2.11 bits per heavy atom. The lowest BCUT2D eigenvalue weighted by Crippen LogP contribution is -2.39. The number of rotatable bonds is 7. The average molecular weight is 265 g/mol. The highest BCUT2D eigenvalue weighted by atomic mass is 16.5. The van der Waals surface area contributed by atoms with Crippen LogP contribution >= 0.6 is 0 Å². The summed E-state index contributed by atoms with van der Waals surface area (Å²) in [6.45, 7) is 5.42. The molecule has 0 saturated carbocycles. The highest BCUT2D eigenvalue weighted by molar-refractivity contribution is 5.78. The van der Waals surface area contributed by atoms with Crippen molar-refractivity contribution in [1.29, 1.82) is 0 Å². The van der Waals surface area contributed by atoms with Gasteiger partial charge in [0.1, 0.15) is 12.4 Å². The third-order valence-electron chi connectivity index (χ3n) is 2.51. The van der Waals surface area contributed by atoms with Crippen molar-refractivity contribution in [2.75, 3.05) is 32.5 Å². The Balaban J connectivity index is 2.26. The van der Waals surface area contributed by atoms with Gasteiger partial charge in [-0.1, -0.05) is 12.1 Å². The molecule has 0 aromatic heterocycles. The Morgan fingerprint density at radius 1 is 1.42 bits per heavy atom. The number of carbonyl (C=O) groups is 1. The number of benzene rings is 1. The van der Waals surface area contributed by atoms with Crippen LogP contribution in [0.25, 0.3) is 0 Å². The predicted molar refractivity (Wildman–Crippen MR) is 77.1 cm³/mol. The van der Waals surface area contributed by atoms with Gasteiger partial charge in [0, 0.05) is 12.6 Å². The van der Waals surface area contributed by atoms with E-state index in [2.05, 4.69) is 5.32 Å². The standard InChI is InChI=1S/C14H23N3O2/c1-11(2)16-14(18)10-17(3)8-9-19-13-7-5-4-6-12(13)15/h4-7,11H,8-10,15H2,1-3H3,(H,16,18). The second-order valence-corrected chi connectivity index (χ2v) is 4.85. The first-order chi connectivity index (χ1) is 8.99. The number of nitrogens with one attached hydrogen (secondary N) is 1. The van der Waals surface area contributed by atoms with Gasteiger partial charge in [-0.15, -0.1) is 0 Å². The molecule has 3 N–H and O–H groups in total. The van der Waals surface area contributed by atoms with Crippen LogP contribution in [0.5, 0.6) is 5.75 Å². The normalized spacial score (nSPS) is 10.8. The second kappa shape index (κ2) is 7.63. The van der Waals surface area contributed by atoms with Crippen molar-refractivity contribution in [3.63, 3.8) is 0 Å². The smallest absolute Gasteiger partial charge is 0.234 e. The van der Waals surface area contributed by atoms with E-state index in [0.29, 0.717) is 31.1 Å². The molecule has 0 fully saturated rings. The highest BCUT2D eigenvalue weighted by Gasteiger charge is 2.07. The number of ether oxygens (including phenoxy) is 1. The average Bonchev–Trinajstić information content (AvgIpc) is 2.30. The van der Waals surface area contributed by atoms with Crippen LogP contribution in [0.1, 0.15) is 13.8 Å². The lowest BCUT2D eigenvalue weighted by molar-refractivity contribution is -0.122. The molecule has 5 heteroatoms. The summed E-state index contributed by atoms with van der Waals surface area (Å²) in [7, 11) is 1.89. The molecule has 0 aliphatic carbocycles. The third kappa shape index (κ3) is 6.10. The maximum absolute atomic E-state index is 11.5. The molecule has 1 amide bonds. The van der Waals surface area contributed by atoms with E-state index in [9.17, 15) is 4.79 Å². The molecule has 1 aromatic rings. The van der Waals surface area contributed by atoms with Crippen molar-refractivity contribution in [2.45, 2.75) is 19.9 Å². The molecular formula is C14H23N3O2. The Morgan fingerprint density at radius 3 is 2.74 bits per heavy atom. The van der Waals surface area contributed by atoms with E-state index >= 15 is 0 Å². The largest absolute Gasteiger partial charge is 0.490 e. The van der Waals surface area contributed by atoms with Crippen molar-refractivity contribution >= 4 is 11.6 Å². The van der Waals surface area contributed by atoms with Gasteiger partial charge in [-0.05, 0) is 33.0 Å². The lowest BCUT2D eigenvalue weighted by atomic mass is 10.3. The van der Waals surface area contributed by atoms with E-state index in [0.717, 1.165) is 0 Å². The van der Waals surface area contributed by atoms with E-state index in [1.54, 1.807) is 6.07 Å². The highest BCUT2D eigenvalue weighted by Crippen LogP contribution is 2.19. The zero-order valence-corrected chi connectivity index (χ0v) is 11.8. The fourth-order valence-electron chi connectivity index (χ4n) is 1.62. The van der Waals surface area contributed by atoms with Gasteiger partial charge in [0.25, 0.3) is 0 Å². The minimum atomic E-state index is 0.0247. The summed E-state index contributed by atoms with van der Waals surface area (Å²) < 4.78 is 5.57. The Labute approximate surface area is 114 Å². The minimum absolute atomic E-state index is 0.0247. The van der Waals surface area contributed by atoms with Gasteiger partial charge in [-0.2, -0.15) is 0 Å². The fraction of sp³-hybridized carbons (Fsp3) is 0.500. The monoisotopic (exact) mass is 265 g/mol. The van der Waals surface area contributed by atoms with Crippen LogP contribution in [0.4, 0.5) is 5.69 Å². The maximum Gasteiger partial charge on any atom is 0.234 e. The molecule has 106 valence electrons. The van der Waals surface area contributed by atoms with E-state index in [1.807, 2.05) is 44.0 Å². The topological polar surface area (TPSA) is 67.6 Å². The maximum atomic E-state index is 11.5. The Bertz CT molecular complexity index is 407.